The Bertz CT molecular complexity index is 6830. The van der Waals surface area contributed by atoms with E-state index in [4.69, 9.17) is 0 Å². The molecule has 536 valence electrons. The van der Waals surface area contributed by atoms with Crippen molar-refractivity contribution in [3.05, 3.63) is 461 Å². The second-order valence-electron chi connectivity index (χ2n) is 29.0. The van der Waals surface area contributed by atoms with Crippen LogP contribution >= 0.6 is 0 Å². The number of hydrogen-bond donors (Lipinski definition) is 0. The summed E-state index contributed by atoms with van der Waals surface area (Å²) in [6, 6.07) is 167. The van der Waals surface area contributed by atoms with Crippen molar-refractivity contribution in [1.29, 1.82) is 0 Å². The molecule has 0 aliphatic rings. The zero-order chi connectivity index (χ0) is 75.7. The van der Waals surface area contributed by atoms with E-state index >= 15 is 0 Å². The van der Waals surface area contributed by atoms with Crippen molar-refractivity contribution in [2.45, 2.75) is 0 Å². The number of rotatable bonds is 17. The van der Waals surface area contributed by atoms with Crippen LogP contribution in [0.5, 0.6) is 0 Å². The molecule has 21 rings (SSSR count). The predicted octanol–water partition coefficient (Wildman–Crippen LogP) is 31.4. The molecule has 0 fully saturated rings. The van der Waals surface area contributed by atoms with Gasteiger partial charge in [-0.25, -0.2) is 0 Å². The highest BCUT2D eigenvalue weighted by atomic mass is 15.2. The molecule has 0 amide bonds. The van der Waals surface area contributed by atoms with Crippen molar-refractivity contribution in [3.8, 4) is 55.6 Å². The summed E-state index contributed by atoms with van der Waals surface area (Å²) in [6.45, 7) is 0. The van der Waals surface area contributed by atoms with Crippen LogP contribution in [0.4, 0.5) is 68.2 Å². The van der Waals surface area contributed by atoms with E-state index in [1.54, 1.807) is 0 Å². The Labute approximate surface area is 664 Å². The highest BCUT2D eigenvalue weighted by Crippen LogP contribution is 2.51. The third-order valence-corrected chi connectivity index (χ3v) is 22.4. The molecular weight excluding hydrogens is 1380 g/mol. The molecule has 0 saturated heterocycles. The van der Waals surface area contributed by atoms with Gasteiger partial charge in [0.15, 0.2) is 0 Å². The monoisotopic (exact) mass is 1450 g/mol. The van der Waals surface area contributed by atoms with Crippen molar-refractivity contribution in [1.82, 2.24) is 0 Å². The lowest BCUT2D eigenvalue weighted by atomic mass is 9.89. The Balaban J connectivity index is 0.000000149. The van der Waals surface area contributed by atoms with Crippen LogP contribution in [-0.4, -0.2) is 0 Å². The lowest BCUT2D eigenvalue weighted by molar-refractivity contribution is 1.28. The fraction of sp³-hybridized carbons (Fsp3) is 0. The molecule has 114 heavy (non-hydrogen) atoms. The van der Waals surface area contributed by atoms with Gasteiger partial charge in [0.2, 0.25) is 0 Å². The molecule has 21 aromatic carbocycles. The molecule has 0 spiro atoms. The van der Waals surface area contributed by atoms with E-state index in [9.17, 15) is 0 Å². The van der Waals surface area contributed by atoms with Crippen LogP contribution in [0.25, 0.3) is 120 Å². The average Bonchev–Trinajstić information content (AvgIpc) is 0.727. The third kappa shape index (κ3) is 12.7. The Morgan fingerprint density at radius 2 is 0.360 bits per heavy atom. The summed E-state index contributed by atoms with van der Waals surface area (Å²) in [6.07, 6.45) is 0. The van der Waals surface area contributed by atoms with Crippen LogP contribution in [-0.2, 0) is 0 Å². The van der Waals surface area contributed by atoms with Crippen molar-refractivity contribution >= 4 is 133 Å². The van der Waals surface area contributed by atoms with E-state index in [1.807, 2.05) is 0 Å². The van der Waals surface area contributed by atoms with E-state index in [-0.39, 0.29) is 0 Å². The average molecular weight is 1450 g/mol. The molecule has 0 aromatic heterocycles. The van der Waals surface area contributed by atoms with Crippen LogP contribution in [0.15, 0.2) is 461 Å². The first kappa shape index (κ1) is 68.2. The lowest BCUT2D eigenvalue weighted by Gasteiger charge is -2.28. The molecule has 0 radical (unpaired) electrons. The van der Waals surface area contributed by atoms with Crippen LogP contribution in [0, 0.1) is 0 Å². The Hall–Kier alpha value is -15.1. The van der Waals surface area contributed by atoms with Crippen LogP contribution in [0.1, 0.15) is 0 Å². The van der Waals surface area contributed by atoms with Gasteiger partial charge in [0, 0.05) is 67.4 Å². The largest absolute Gasteiger partial charge is 0.310 e. The number of benzene rings is 21. The van der Waals surface area contributed by atoms with E-state index in [1.165, 1.54) is 126 Å². The molecule has 0 aliphatic heterocycles. The Kier molecular flexibility index (Phi) is 18.0. The van der Waals surface area contributed by atoms with E-state index in [0.717, 1.165) is 62.6 Å². The van der Waals surface area contributed by atoms with Gasteiger partial charge >= 0.3 is 0 Å². The Morgan fingerprint density at radius 3 is 0.728 bits per heavy atom. The van der Waals surface area contributed by atoms with Crippen molar-refractivity contribution in [3.63, 3.8) is 0 Å². The summed E-state index contributed by atoms with van der Waals surface area (Å²) in [5.41, 5.74) is 25.5. The maximum absolute atomic E-state index is 2.39. The molecule has 0 heterocycles. The van der Waals surface area contributed by atoms with E-state index < -0.39 is 0 Å². The zero-order valence-electron chi connectivity index (χ0n) is 62.7. The molecule has 0 saturated carbocycles. The fourth-order valence-electron chi connectivity index (χ4n) is 17.1. The number of hydrogen-bond acceptors (Lipinski definition) is 4. The van der Waals surface area contributed by atoms with Crippen LogP contribution < -0.4 is 19.6 Å². The molecular formula is C110H76N4. The fourth-order valence-corrected chi connectivity index (χ4v) is 17.1. The summed E-state index contributed by atoms with van der Waals surface area (Å²) < 4.78 is 0. The van der Waals surface area contributed by atoms with Gasteiger partial charge < -0.3 is 19.6 Å². The molecule has 4 heteroatoms. The molecule has 0 unspecified atom stereocenters. The van der Waals surface area contributed by atoms with Gasteiger partial charge in [0.1, 0.15) is 0 Å². The number of anilines is 12. The summed E-state index contributed by atoms with van der Waals surface area (Å²) in [5.74, 6) is 0. The molecule has 0 aliphatic carbocycles. The normalized spacial score (nSPS) is 11.3. The first-order valence-electron chi connectivity index (χ1n) is 39.1. The SMILES string of the molecule is c1ccc(-c2ccc(N(c3ccccc3)c3ccc(-c4ccc5ccc6c(N(c7ccccc7)c7ccccc7)ccc7ccc4c5c76)cc3)c(-c3ccccc3)c2)cc1.c1ccc(-c2ccccc2N(c2ccccc2)c2ccc(-c3ccc4ccc5c(N(c6ccccc6)c6ccccc6)ccc6ccc3c4c65)cc2)cc1. The second kappa shape index (κ2) is 30.1. The van der Waals surface area contributed by atoms with Crippen LogP contribution in [0.2, 0.25) is 0 Å². The third-order valence-electron chi connectivity index (χ3n) is 22.4. The van der Waals surface area contributed by atoms with Gasteiger partial charge in [-0.2, -0.15) is 0 Å². The Morgan fingerprint density at radius 1 is 0.123 bits per heavy atom. The number of para-hydroxylation sites is 7. The minimum Gasteiger partial charge on any atom is -0.310 e. The lowest BCUT2D eigenvalue weighted by Crippen LogP contribution is -2.11. The van der Waals surface area contributed by atoms with Gasteiger partial charge in [-0.1, -0.05) is 334 Å². The highest BCUT2D eigenvalue weighted by molar-refractivity contribution is 6.29. The standard InChI is InChI=1S/C58H40N2.C52H36N2/c1-6-16-41(17-7-1)46-32-39-56(54(40-46)42-18-8-2-9-19-42)60(49-24-14-5-15-25-49)50-33-26-43(27-34-50)51-35-28-44-30-37-53-55(38-31-45-29-36-52(51)57(44)58(45)53)59(47-20-10-3-11-21-47)48-22-12-4-13-23-48;1-5-15-37(16-6-1)46-23-13-14-24-49(46)54(43-21-11-4-12-22-43)44-31-25-38(26-32-44)45-33-27-39-29-35-48-50(36-30-40-28-34-47(45)51(39)52(40)48)53(41-17-7-2-8-18-41)42-19-9-3-10-20-42/h1-40H;1-36H. The minimum atomic E-state index is 1.10. The molecule has 0 bridgehead atoms. The van der Waals surface area contributed by atoms with Gasteiger partial charge in [-0.15, -0.1) is 0 Å². The summed E-state index contributed by atoms with van der Waals surface area (Å²) in [5, 5.41) is 15.2. The van der Waals surface area contributed by atoms with Crippen molar-refractivity contribution in [2.24, 2.45) is 0 Å². The smallest absolute Gasteiger partial charge is 0.0540 e. The van der Waals surface area contributed by atoms with Gasteiger partial charge in [0.05, 0.1) is 22.7 Å². The maximum atomic E-state index is 2.39. The zero-order valence-corrected chi connectivity index (χ0v) is 62.7. The maximum Gasteiger partial charge on any atom is 0.0540 e. The predicted molar refractivity (Wildman–Crippen MR) is 486 cm³/mol. The van der Waals surface area contributed by atoms with Crippen LogP contribution in [0.3, 0.4) is 0 Å². The summed E-state index contributed by atoms with van der Waals surface area (Å²) in [4.78, 5) is 9.50. The molecule has 0 atom stereocenters. The first-order chi connectivity index (χ1) is 56.6. The van der Waals surface area contributed by atoms with Gasteiger partial charge in [-0.05, 0) is 226 Å². The molecule has 4 nitrogen and oxygen atoms in total. The summed E-state index contributed by atoms with van der Waals surface area (Å²) in [7, 11) is 0. The molecule has 0 N–H and O–H groups in total. The second-order valence-corrected chi connectivity index (χ2v) is 29.0. The summed E-state index contributed by atoms with van der Waals surface area (Å²) >= 11 is 0. The first-order valence-corrected chi connectivity index (χ1v) is 39.1. The quantitative estimate of drug-likeness (QED) is 0.0843. The van der Waals surface area contributed by atoms with Crippen molar-refractivity contribution < 1.29 is 0 Å². The highest BCUT2D eigenvalue weighted by Gasteiger charge is 2.25. The van der Waals surface area contributed by atoms with Gasteiger partial charge in [-0.3, -0.25) is 0 Å². The van der Waals surface area contributed by atoms with E-state index in [2.05, 4.69) is 481 Å². The van der Waals surface area contributed by atoms with E-state index in [0.29, 0.717) is 0 Å². The van der Waals surface area contributed by atoms with Crippen molar-refractivity contribution in [2.75, 3.05) is 19.6 Å². The van der Waals surface area contributed by atoms with Gasteiger partial charge in [0.25, 0.3) is 0 Å². The minimum absolute atomic E-state index is 1.10. The topological polar surface area (TPSA) is 13.0 Å². The number of nitrogens with zero attached hydrogens (tertiary/aromatic N) is 4. The molecule has 21 aromatic rings.